The predicted molar refractivity (Wildman–Crippen MR) is 85.1 cm³/mol. The van der Waals surface area contributed by atoms with Crippen LogP contribution in [0.3, 0.4) is 0 Å². The number of likely N-dealkylation sites (N-methyl/N-ethyl adjacent to an activating group) is 1. The number of carbonyl (C=O) groups excluding carboxylic acids is 2. The molecule has 1 atom stereocenters. The summed E-state index contributed by atoms with van der Waals surface area (Å²) in [6, 6.07) is 2.23. The maximum Gasteiger partial charge on any atom is 0.239 e. The quantitative estimate of drug-likeness (QED) is 0.613. The van der Waals surface area contributed by atoms with Crippen LogP contribution in [0.2, 0.25) is 0 Å². The van der Waals surface area contributed by atoms with E-state index in [0.717, 1.165) is 13.1 Å². The van der Waals surface area contributed by atoms with Crippen LogP contribution in [0.15, 0.2) is 16.8 Å². The molecular weight excluding hydrogens is 288 g/mol. The van der Waals surface area contributed by atoms with Crippen molar-refractivity contribution in [2.45, 2.75) is 19.9 Å². The number of thiophene rings is 1. The van der Waals surface area contributed by atoms with Crippen molar-refractivity contribution in [2.75, 3.05) is 32.7 Å². The maximum atomic E-state index is 11.8. The molecule has 0 fully saturated rings. The van der Waals surface area contributed by atoms with Crippen molar-refractivity contribution in [1.82, 2.24) is 15.5 Å². The minimum absolute atomic E-state index is 0.0371. The van der Waals surface area contributed by atoms with Crippen molar-refractivity contribution < 1.29 is 9.59 Å². The molecule has 7 heteroatoms. The summed E-state index contributed by atoms with van der Waals surface area (Å²) in [6.07, 6.45) is 0. The van der Waals surface area contributed by atoms with Crippen molar-refractivity contribution in [3.05, 3.63) is 22.4 Å². The number of nitrogens with one attached hydrogen (secondary N) is 2. The van der Waals surface area contributed by atoms with Crippen LogP contribution in [0, 0.1) is 0 Å². The third-order valence-electron chi connectivity index (χ3n) is 3.31. The highest BCUT2D eigenvalue weighted by molar-refractivity contribution is 7.07. The molecule has 2 amide bonds. The Bertz CT molecular complexity index is 432. The highest BCUT2D eigenvalue weighted by atomic mass is 32.1. The van der Waals surface area contributed by atoms with Crippen molar-refractivity contribution in [2.24, 2.45) is 5.73 Å². The summed E-state index contributed by atoms with van der Waals surface area (Å²) in [6.45, 7) is 6.41. The molecule has 1 rings (SSSR count). The van der Waals surface area contributed by atoms with Gasteiger partial charge in [0.05, 0.1) is 19.1 Å². The fourth-order valence-corrected chi connectivity index (χ4v) is 2.82. The van der Waals surface area contributed by atoms with Gasteiger partial charge in [-0.25, -0.2) is 0 Å². The van der Waals surface area contributed by atoms with E-state index in [-0.39, 0.29) is 30.9 Å². The molecule has 0 aliphatic carbocycles. The van der Waals surface area contributed by atoms with Gasteiger partial charge in [-0.3, -0.25) is 14.5 Å². The third-order valence-corrected chi connectivity index (χ3v) is 4.01. The first-order valence-electron chi connectivity index (χ1n) is 7.11. The Balaban J connectivity index is 2.54. The van der Waals surface area contributed by atoms with Crippen LogP contribution in [0.5, 0.6) is 0 Å². The van der Waals surface area contributed by atoms with Crippen LogP contribution in [-0.2, 0) is 9.59 Å². The summed E-state index contributed by atoms with van der Waals surface area (Å²) in [7, 11) is 0. The summed E-state index contributed by atoms with van der Waals surface area (Å²) < 4.78 is 0. The lowest BCUT2D eigenvalue weighted by atomic mass is 10.1. The smallest absolute Gasteiger partial charge is 0.239 e. The zero-order valence-electron chi connectivity index (χ0n) is 12.6. The molecule has 0 saturated carbocycles. The van der Waals surface area contributed by atoms with E-state index in [4.69, 9.17) is 5.73 Å². The second-order valence-electron chi connectivity index (χ2n) is 4.58. The van der Waals surface area contributed by atoms with Crippen LogP contribution in [-0.4, -0.2) is 49.4 Å². The summed E-state index contributed by atoms with van der Waals surface area (Å²) in [5.41, 5.74) is 6.37. The largest absolute Gasteiger partial charge is 0.353 e. The molecule has 1 heterocycles. The number of nitrogens with two attached hydrogens (primary N) is 1. The Hall–Kier alpha value is -1.44. The van der Waals surface area contributed by atoms with E-state index in [1.165, 1.54) is 5.56 Å². The Kier molecular flexibility index (Phi) is 7.96. The monoisotopic (exact) mass is 312 g/mol. The van der Waals surface area contributed by atoms with Gasteiger partial charge in [-0.1, -0.05) is 13.8 Å². The van der Waals surface area contributed by atoms with Gasteiger partial charge in [0.1, 0.15) is 0 Å². The second kappa shape index (κ2) is 9.49. The lowest BCUT2D eigenvalue weighted by Gasteiger charge is -2.29. The van der Waals surface area contributed by atoms with Gasteiger partial charge in [-0.15, -0.1) is 0 Å². The van der Waals surface area contributed by atoms with E-state index in [0.29, 0.717) is 6.54 Å². The molecule has 0 aromatic carbocycles. The van der Waals surface area contributed by atoms with Crippen LogP contribution >= 0.6 is 11.3 Å². The normalized spacial score (nSPS) is 12.2. The summed E-state index contributed by atoms with van der Waals surface area (Å²) in [5, 5.41) is 9.47. The minimum Gasteiger partial charge on any atom is -0.353 e. The van der Waals surface area contributed by atoms with Crippen molar-refractivity contribution in [1.29, 1.82) is 0 Å². The van der Waals surface area contributed by atoms with Gasteiger partial charge in [-0.2, -0.15) is 11.3 Å². The molecule has 1 aromatic rings. The van der Waals surface area contributed by atoms with Gasteiger partial charge < -0.3 is 16.4 Å². The molecule has 0 bridgehead atoms. The topological polar surface area (TPSA) is 87.5 Å². The molecule has 4 N–H and O–H groups in total. The number of hydrogen-bond donors (Lipinski definition) is 3. The molecule has 6 nitrogen and oxygen atoms in total. The number of rotatable bonds is 9. The predicted octanol–water partition coefficient (Wildman–Crippen LogP) is 0.322. The Labute approximate surface area is 129 Å². The van der Waals surface area contributed by atoms with E-state index in [9.17, 15) is 9.59 Å². The van der Waals surface area contributed by atoms with Crippen LogP contribution < -0.4 is 16.4 Å². The summed E-state index contributed by atoms with van der Waals surface area (Å²) in [5.74, 6) is -0.535. The van der Waals surface area contributed by atoms with E-state index < -0.39 is 0 Å². The Morgan fingerprint density at radius 3 is 2.52 bits per heavy atom. The van der Waals surface area contributed by atoms with Crippen molar-refractivity contribution in [3.8, 4) is 0 Å². The van der Waals surface area contributed by atoms with Gasteiger partial charge in [-0.05, 0) is 35.5 Å². The van der Waals surface area contributed by atoms with Crippen LogP contribution in [0.4, 0.5) is 0 Å². The molecule has 21 heavy (non-hydrogen) atoms. The number of amides is 2. The number of hydrogen-bond acceptors (Lipinski definition) is 5. The molecule has 0 aliphatic rings. The van der Waals surface area contributed by atoms with Gasteiger partial charge in [0.2, 0.25) is 11.8 Å². The molecule has 0 radical (unpaired) electrons. The van der Waals surface area contributed by atoms with Gasteiger partial charge in [0.25, 0.3) is 0 Å². The number of carbonyl (C=O) groups is 2. The molecular formula is C14H24N4O2S. The molecule has 0 saturated heterocycles. The third kappa shape index (κ3) is 5.82. The molecule has 1 unspecified atom stereocenters. The van der Waals surface area contributed by atoms with Crippen LogP contribution in [0.25, 0.3) is 0 Å². The summed E-state index contributed by atoms with van der Waals surface area (Å²) >= 11 is 1.65. The zero-order chi connectivity index (χ0) is 15.7. The van der Waals surface area contributed by atoms with Crippen molar-refractivity contribution >= 4 is 23.2 Å². The first-order chi connectivity index (χ1) is 10.1. The van der Waals surface area contributed by atoms with Gasteiger partial charge >= 0.3 is 0 Å². The fraction of sp³-hybridized carbons (Fsp3) is 0.571. The Morgan fingerprint density at radius 2 is 2.00 bits per heavy atom. The minimum atomic E-state index is -0.330. The van der Waals surface area contributed by atoms with E-state index in [1.807, 2.05) is 5.38 Å². The standard InChI is InChI=1S/C14H24N4O2S/c1-3-18(4-2)12(11-5-6-21-10-11)8-16-14(20)9-17-13(19)7-15/h5-6,10,12H,3-4,7-9,15H2,1-2H3,(H,16,20)(H,17,19). The van der Waals surface area contributed by atoms with E-state index in [2.05, 4.69) is 40.8 Å². The lowest BCUT2D eigenvalue weighted by molar-refractivity contribution is -0.125. The Morgan fingerprint density at radius 1 is 1.29 bits per heavy atom. The van der Waals surface area contributed by atoms with Crippen molar-refractivity contribution in [3.63, 3.8) is 0 Å². The highest BCUT2D eigenvalue weighted by Crippen LogP contribution is 2.22. The molecule has 0 spiro atoms. The highest BCUT2D eigenvalue weighted by Gasteiger charge is 2.19. The van der Waals surface area contributed by atoms with E-state index >= 15 is 0 Å². The number of nitrogens with zero attached hydrogens (tertiary/aromatic N) is 1. The molecule has 0 aliphatic heterocycles. The average molecular weight is 312 g/mol. The van der Waals surface area contributed by atoms with Gasteiger partial charge in [0, 0.05) is 6.54 Å². The second-order valence-corrected chi connectivity index (χ2v) is 5.36. The fourth-order valence-electron chi connectivity index (χ4n) is 2.11. The van der Waals surface area contributed by atoms with Gasteiger partial charge in [0.15, 0.2) is 0 Å². The lowest BCUT2D eigenvalue weighted by Crippen LogP contribution is -2.43. The molecule has 1 aromatic heterocycles. The molecule has 118 valence electrons. The maximum absolute atomic E-state index is 11.8. The van der Waals surface area contributed by atoms with E-state index in [1.54, 1.807) is 11.3 Å². The first kappa shape index (κ1) is 17.6. The zero-order valence-corrected chi connectivity index (χ0v) is 13.4. The first-order valence-corrected chi connectivity index (χ1v) is 8.06. The SMILES string of the molecule is CCN(CC)C(CNC(=O)CNC(=O)CN)c1ccsc1. The van der Waals surface area contributed by atoms with Crippen LogP contribution in [0.1, 0.15) is 25.5 Å². The average Bonchev–Trinajstić information content (AvgIpc) is 3.02. The summed E-state index contributed by atoms with van der Waals surface area (Å²) in [4.78, 5) is 25.1.